The van der Waals surface area contributed by atoms with Crippen molar-refractivity contribution in [2.45, 2.75) is 0 Å². The first-order chi connectivity index (χ1) is 45.6. The van der Waals surface area contributed by atoms with Crippen molar-refractivity contribution < 1.29 is 0 Å². The van der Waals surface area contributed by atoms with Crippen molar-refractivity contribution in [1.29, 1.82) is 0 Å². The van der Waals surface area contributed by atoms with Gasteiger partial charge in [0.1, 0.15) is 0 Å². The Bertz CT molecular complexity index is 6460. The number of hydrogen-bond acceptors (Lipinski definition) is 2. The summed E-state index contributed by atoms with van der Waals surface area (Å²) in [6.07, 6.45) is 0. The molecule has 4 heteroatoms. The van der Waals surface area contributed by atoms with E-state index in [0.717, 1.165) is 11.4 Å². The minimum atomic E-state index is 1.13. The summed E-state index contributed by atoms with van der Waals surface area (Å²) in [4.78, 5) is 0. The first-order valence-corrected chi connectivity index (χ1v) is 33.3. The molecule has 0 spiro atoms. The number of thiophene rings is 2. The minimum absolute atomic E-state index is 1.13. The van der Waals surface area contributed by atoms with Crippen LogP contribution in [0.4, 0.5) is 0 Å². The van der Waals surface area contributed by atoms with Crippen LogP contribution in [-0.4, -0.2) is 9.13 Å². The average Bonchev–Trinajstić information content (AvgIpc) is 1.21. The molecule has 0 amide bonds. The topological polar surface area (TPSA) is 9.86 Å². The van der Waals surface area contributed by atoms with Crippen molar-refractivity contribution in [2.24, 2.45) is 0 Å². The molecule has 0 saturated carbocycles. The number of aromatic nitrogens is 2. The maximum Gasteiger partial charge on any atom is 0.0555 e. The third kappa shape index (κ3) is 7.66. The van der Waals surface area contributed by atoms with Gasteiger partial charge < -0.3 is 9.13 Å². The SMILES string of the molecule is c1ccc(-c2cccc(-c3c(-c4ccccc4)c4cc5c(-c6ccc(-n7c8ccccc8c8cc9c(cc87)sc7ccccc79)cc6)c6ccccc6c(-c6ccc(-n7c8ccccc8c8cc9c(cc87)sc7ccccc79)cc6)c5cc4c4ccccc34)c2)cc1. The summed E-state index contributed by atoms with van der Waals surface area (Å²) < 4.78 is 10.2. The molecular formula is C88H52N2S2. The van der Waals surface area contributed by atoms with Gasteiger partial charge in [0.2, 0.25) is 0 Å². The molecule has 0 aliphatic carbocycles. The predicted octanol–water partition coefficient (Wildman–Crippen LogP) is 25.6. The van der Waals surface area contributed by atoms with E-state index in [1.807, 2.05) is 22.7 Å². The number of fused-ring (bicyclic) bond motifs is 17. The lowest BCUT2D eigenvalue weighted by atomic mass is 9.80. The Morgan fingerprint density at radius 1 is 0.163 bits per heavy atom. The predicted molar refractivity (Wildman–Crippen MR) is 398 cm³/mol. The van der Waals surface area contributed by atoms with Gasteiger partial charge in [-0.2, -0.15) is 0 Å². The highest BCUT2D eigenvalue weighted by molar-refractivity contribution is 7.26. The third-order valence-electron chi connectivity index (χ3n) is 19.7. The zero-order valence-electron chi connectivity index (χ0n) is 49.7. The standard InChI is InChI=1S/C88H52N2S2/c1-3-20-53(21-4-1)57-24-19-25-58(46-57)88-66-31-8-7-26-61(66)69-47-75-76(50-74(69)87(88)54-22-5-2-6-23-54)86(56-40-44-60(45-41-56)90-78-35-16-12-28-63(78)71-49-73-65-30-14-18-37-82(65)92-84(73)52-80(71)90)68-33-10-9-32-67(68)85(75)55-38-42-59(43-39-55)89-77-34-15-11-27-62(77)70-48-72-64-29-13-17-36-81(64)91-83(72)51-79(70)89/h1-52H. The second-order valence-electron chi connectivity index (χ2n) is 24.6. The van der Waals surface area contributed by atoms with E-state index in [-0.39, 0.29) is 0 Å². The Morgan fingerprint density at radius 2 is 0.522 bits per heavy atom. The van der Waals surface area contributed by atoms with Crippen molar-refractivity contribution >= 4 is 150 Å². The summed E-state index contributed by atoms with van der Waals surface area (Å²) in [6, 6.07) is 119. The van der Waals surface area contributed by atoms with Crippen LogP contribution in [0, 0.1) is 0 Å². The quantitative estimate of drug-likeness (QED) is 0.111. The Labute approximate surface area is 537 Å². The molecule has 4 aromatic heterocycles. The molecular weight excluding hydrogens is 1150 g/mol. The number of nitrogens with zero attached hydrogens (tertiary/aromatic N) is 2. The molecule has 20 aromatic rings. The molecule has 20 rings (SSSR count). The molecule has 0 aliphatic heterocycles. The molecule has 0 atom stereocenters. The van der Waals surface area contributed by atoms with Crippen LogP contribution >= 0.6 is 22.7 Å². The van der Waals surface area contributed by atoms with E-state index in [4.69, 9.17) is 0 Å². The van der Waals surface area contributed by atoms with Crippen LogP contribution in [0.2, 0.25) is 0 Å². The Balaban J connectivity index is 0.849. The van der Waals surface area contributed by atoms with Gasteiger partial charge in [-0.05, 0) is 190 Å². The Kier molecular flexibility index (Phi) is 11.2. The molecule has 0 saturated heterocycles. The van der Waals surface area contributed by atoms with Gasteiger partial charge in [-0.3, -0.25) is 0 Å². The van der Waals surface area contributed by atoms with Crippen molar-refractivity contribution in [3.63, 3.8) is 0 Å². The highest BCUT2D eigenvalue weighted by Gasteiger charge is 2.25. The van der Waals surface area contributed by atoms with Crippen LogP contribution in [0.25, 0.3) is 194 Å². The molecule has 0 bridgehead atoms. The van der Waals surface area contributed by atoms with E-state index in [1.54, 1.807) is 0 Å². The molecule has 0 aliphatic rings. The van der Waals surface area contributed by atoms with E-state index < -0.39 is 0 Å². The summed E-state index contributed by atoms with van der Waals surface area (Å²) in [5.41, 5.74) is 19.1. The van der Waals surface area contributed by atoms with Crippen LogP contribution in [-0.2, 0) is 0 Å². The van der Waals surface area contributed by atoms with Crippen molar-refractivity contribution in [1.82, 2.24) is 9.13 Å². The molecule has 0 unspecified atom stereocenters. The largest absolute Gasteiger partial charge is 0.309 e. The number of rotatable bonds is 7. The summed E-state index contributed by atoms with van der Waals surface area (Å²) in [5, 5.41) is 20.1. The van der Waals surface area contributed by atoms with Crippen LogP contribution in [0.1, 0.15) is 0 Å². The van der Waals surface area contributed by atoms with E-state index in [9.17, 15) is 0 Å². The Hall–Kier alpha value is -11.4. The van der Waals surface area contributed by atoms with Gasteiger partial charge in [-0.15, -0.1) is 22.7 Å². The van der Waals surface area contributed by atoms with Crippen LogP contribution in [0.15, 0.2) is 315 Å². The molecule has 92 heavy (non-hydrogen) atoms. The van der Waals surface area contributed by atoms with E-state index in [1.165, 1.54) is 183 Å². The van der Waals surface area contributed by atoms with E-state index >= 15 is 0 Å². The molecule has 0 radical (unpaired) electrons. The first-order valence-electron chi connectivity index (χ1n) is 31.6. The zero-order chi connectivity index (χ0) is 60.1. The van der Waals surface area contributed by atoms with Gasteiger partial charge in [-0.25, -0.2) is 0 Å². The fourth-order valence-corrected chi connectivity index (χ4v) is 17.9. The molecule has 4 heterocycles. The lowest BCUT2D eigenvalue weighted by molar-refractivity contribution is 1.18. The molecule has 426 valence electrons. The number of para-hydroxylation sites is 2. The number of hydrogen-bond donors (Lipinski definition) is 0. The fraction of sp³-hybridized carbons (Fsp3) is 0. The maximum absolute atomic E-state index is 2.56. The molecule has 2 nitrogen and oxygen atoms in total. The van der Waals surface area contributed by atoms with Gasteiger partial charge in [0, 0.05) is 73.3 Å². The number of benzene rings is 16. The summed E-state index contributed by atoms with van der Waals surface area (Å²) >= 11 is 3.76. The van der Waals surface area contributed by atoms with Crippen LogP contribution in [0.5, 0.6) is 0 Å². The average molecular weight is 1200 g/mol. The van der Waals surface area contributed by atoms with E-state index in [2.05, 4.69) is 325 Å². The van der Waals surface area contributed by atoms with Crippen molar-refractivity contribution in [3.8, 4) is 67.0 Å². The first kappa shape index (κ1) is 51.5. The van der Waals surface area contributed by atoms with Gasteiger partial charge in [-0.1, -0.05) is 224 Å². The van der Waals surface area contributed by atoms with Gasteiger partial charge in [0.15, 0.2) is 0 Å². The van der Waals surface area contributed by atoms with Crippen molar-refractivity contribution in [3.05, 3.63) is 315 Å². The fourth-order valence-electron chi connectivity index (χ4n) is 15.7. The third-order valence-corrected chi connectivity index (χ3v) is 21.9. The smallest absolute Gasteiger partial charge is 0.0555 e. The van der Waals surface area contributed by atoms with E-state index in [0.29, 0.717) is 0 Å². The highest BCUT2D eigenvalue weighted by Crippen LogP contribution is 2.52. The normalized spacial score (nSPS) is 12.1. The molecule has 0 fully saturated rings. The molecule has 0 N–H and O–H groups in total. The zero-order valence-corrected chi connectivity index (χ0v) is 51.4. The van der Waals surface area contributed by atoms with Gasteiger partial charge in [0.05, 0.1) is 22.1 Å². The minimum Gasteiger partial charge on any atom is -0.309 e. The second kappa shape index (κ2) is 20.1. The van der Waals surface area contributed by atoms with Gasteiger partial charge in [0.25, 0.3) is 0 Å². The lowest BCUT2D eigenvalue weighted by Crippen LogP contribution is -1.97. The summed E-state index contributed by atoms with van der Waals surface area (Å²) in [6.45, 7) is 0. The van der Waals surface area contributed by atoms with Crippen molar-refractivity contribution in [2.75, 3.05) is 0 Å². The summed E-state index contributed by atoms with van der Waals surface area (Å²) in [5.74, 6) is 0. The Morgan fingerprint density at radius 3 is 1.04 bits per heavy atom. The molecule has 16 aromatic carbocycles. The summed E-state index contributed by atoms with van der Waals surface area (Å²) in [7, 11) is 0. The lowest BCUT2D eigenvalue weighted by Gasteiger charge is -2.23. The highest BCUT2D eigenvalue weighted by atomic mass is 32.1. The monoisotopic (exact) mass is 1200 g/mol. The van der Waals surface area contributed by atoms with Crippen LogP contribution in [0.3, 0.4) is 0 Å². The maximum atomic E-state index is 2.56. The van der Waals surface area contributed by atoms with Crippen LogP contribution < -0.4 is 0 Å². The van der Waals surface area contributed by atoms with Gasteiger partial charge >= 0.3 is 0 Å². The second-order valence-corrected chi connectivity index (χ2v) is 26.7.